The summed E-state index contributed by atoms with van der Waals surface area (Å²) < 4.78 is 0. The minimum atomic E-state index is -0.457. The van der Waals surface area contributed by atoms with Gasteiger partial charge in [0, 0.05) is 26.1 Å². The van der Waals surface area contributed by atoms with E-state index in [9.17, 15) is 4.79 Å². The van der Waals surface area contributed by atoms with Crippen molar-refractivity contribution in [1.29, 1.82) is 0 Å². The molecule has 3 rings (SSSR count). The van der Waals surface area contributed by atoms with Crippen LogP contribution in [0, 0.1) is 0 Å². The van der Waals surface area contributed by atoms with Gasteiger partial charge in [-0.3, -0.25) is 4.79 Å². The molecule has 0 atom stereocenters. The van der Waals surface area contributed by atoms with Crippen molar-refractivity contribution in [2.45, 2.75) is 18.4 Å². The van der Waals surface area contributed by atoms with E-state index < -0.39 is 5.54 Å². The number of hydrogen-bond donors (Lipinski definition) is 1. The molecule has 1 amide bonds. The van der Waals surface area contributed by atoms with E-state index in [0.29, 0.717) is 13.0 Å². The lowest BCUT2D eigenvalue weighted by atomic mass is 9.79. The molecule has 0 aromatic heterocycles. The van der Waals surface area contributed by atoms with Gasteiger partial charge >= 0.3 is 0 Å². The molecule has 2 aromatic carbocycles. The topological polar surface area (TPSA) is 49.6 Å². The van der Waals surface area contributed by atoms with Crippen molar-refractivity contribution in [2.75, 3.05) is 33.2 Å². The summed E-state index contributed by atoms with van der Waals surface area (Å²) >= 11 is 0. The number of nitrogens with zero attached hydrogens (tertiary/aromatic N) is 2. The molecule has 25 heavy (non-hydrogen) atoms. The molecule has 0 aliphatic carbocycles. The van der Waals surface area contributed by atoms with Crippen LogP contribution in [0.2, 0.25) is 0 Å². The molecular formula is C21H27N3O. The van der Waals surface area contributed by atoms with Gasteiger partial charge < -0.3 is 15.5 Å². The van der Waals surface area contributed by atoms with Crippen LogP contribution in [0.4, 0.5) is 0 Å². The molecule has 1 saturated heterocycles. The number of likely N-dealkylation sites (N-methyl/N-ethyl adjacent to an activating group) is 1. The standard InChI is InChI=1S/C21H27N3O/c1-23-15-16-24(20(25)13-8-14-22)21(17-23,18-9-4-2-5-10-18)19-11-6-3-7-12-19/h2-7,9-12H,8,13-17,22H2,1H3. The van der Waals surface area contributed by atoms with Gasteiger partial charge in [0.15, 0.2) is 0 Å². The van der Waals surface area contributed by atoms with Crippen molar-refractivity contribution in [2.24, 2.45) is 5.73 Å². The molecule has 0 saturated carbocycles. The van der Waals surface area contributed by atoms with Crippen molar-refractivity contribution in [3.05, 3.63) is 71.8 Å². The predicted molar refractivity (Wildman–Crippen MR) is 101 cm³/mol. The van der Waals surface area contributed by atoms with Gasteiger partial charge in [-0.2, -0.15) is 0 Å². The van der Waals surface area contributed by atoms with E-state index >= 15 is 0 Å². The molecule has 4 nitrogen and oxygen atoms in total. The molecule has 0 bridgehead atoms. The van der Waals surface area contributed by atoms with Crippen LogP contribution in [0.15, 0.2) is 60.7 Å². The van der Waals surface area contributed by atoms with Gasteiger partial charge in [-0.15, -0.1) is 0 Å². The number of hydrogen-bond acceptors (Lipinski definition) is 3. The molecule has 1 aliphatic heterocycles. The molecule has 0 unspecified atom stereocenters. The zero-order chi connectivity index (χ0) is 17.7. The Bertz CT molecular complexity index is 647. The van der Waals surface area contributed by atoms with Crippen LogP contribution >= 0.6 is 0 Å². The number of benzene rings is 2. The smallest absolute Gasteiger partial charge is 0.223 e. The van der Waals surface area contributed by atoms with E-state index in [2.05, 4.69) is 65.4 Å². The zero-order valence-corrected chi connectivity index (χ0v) is 14.9. The molecule has 1 fully saturated rings. The monoisotopic (exact) mass is 337 g/mol. The SMILES string of the molecule is CN1CCN(C(=O)CCCN)C(c2ccccc2)(c2ccccc2)C1. The summed E-state index contributed by atoms with van der Waals surface area (Å²) in [5, 5.41) is 0. The number of rotatable bonds is 5. The van der Waals surface area contributed by atoms with Crippen LogP contribution in [0.3, 0.4) is 0 Å². The summed E-state index contributed by atoms with van der Waals surface area (Å²) in [7, 11) is 2.13. The van der Waals surface area contributed by atoms with Crippen LogP contribution < -0.4 is 5.73 Å². The number of carbonyl (C=O) groups is 1. The fourth-order valence-corrected chi connectivity index (χ4v) is 3.83. The normalized spacial score (nSPS) is 17.4. The van der Waals surface area contributed by atoms with Crippen molar-refractivity contribution in [3.8, 4) is 0 Å². The Hall–Kier alpha value is -2.17. The fourth-order valence-electron chi connectivity index (χ4n) is 3.83. The first kappa shape index (κ1) is 17.6. The van der Waals surface area contributed by atoms with Crippen molar-refractivity contribution in [1.82, 2.24) is 9.80 Å². The third kappa shape index (κ3) is 3.46. The molecule has 1 heterocycles. The first-order chi connectivity index (χ1) is 12.2. The highest BCUT2D eigenvalue weighted by Crippen LogP contribution is 2.39. The maximum absolute atomic E-state index is 13.1. The Morgan fingerprint density at radius 1 is 1.00 bits per heavy atom. The quantitative estimate of drug-likeness (QED) is 0.912. The minimum Gasteiger partial charge on any atom is -0.330 e. The van der Waals surface area contributed by atoms with Gasteiger partial charge in [0.1, 0.15) is 5.54 Å². The molecule has 2 aromatic rings. The maximum Gasteiger partial charge on any atom is 0.223 e. The van der Waals surface area contributed by atoms with Crippen LogP contribution in [0.25, 0.3) is 0 Å². The molecule has 0 spiro atoms. The first-order valence-electron chi connectivity index (χ1n) is 8.98. The van der Waals surface area contributed by atoms with E-state index in [0.717, 1.165) is 37.2 Å². The van der Waals surface area contributed by atoms with Gasteiger partial charge in [-0.1, -0.05) is 60.7 Å². The van der Waals surface area contributed by atoms with Crippen LogP contribution in [-0.4, -0.2) is 48.9 Å². The minimum absolute atomic E-state index is 0.186. The second kappa shape index (κ2) is 7.81. The highest BCUT2D eigenvalue weighted by atomic mass is 16.2. The zero-order valence-electron chi connectivity index (χ0n) is 14.9. The van der Waals surface area contributed by atoms with Crippen molar-refractivity contribution < 1.29 is 4.79 Å². The Morgan fingerprint density at radius 3 is 2.08 bits per heavy atom. The van der Waals surface area contributed by atoms with Gasteiger partial charge in [0.25, 0.3) is 0 Å². The maximum atomic E-state index is 13.1. The van der Waals surface area contributed by atoms with E-state index in [1.54, 1.807) is 0 Å². The molecule has 0 radical (unpaired) electrons. The van der Waals surface area contributed by atoms with Crippen LogP contribution in [0.1, 0.15) is 24.0 Å². The summed E-state index contributed by atoms with van der Waals surface area (Å²) in [6.45, 7) is 2.94. The van der Waals surface area contributed by atoms with E-state index in [4.69, 9.17) is 5.73 Å². The Morgan fingerprint density at radius 2 is 1.56 bits per heavy atom. The second-order valence-electron chi connectivity index (χ2n) is 6.77. The molecule has 2 N–H and O–H groups in total. The van der Waals surface area contributed by atoms with Gasteiger partial charge in [0.2, 0.25) is 5.91 Å². The second-order valence-corrected chi connectivity index (χ2v) is 6.77. The molecule has 4 heteroatoms. The summed E-state index contributed by atoms with van der Waals surface area (Å²) in [4.78, 5) is 17.5. The average molecular weight is 337 g/mol. The Balaban J connectivity index is 2.13. The van der Waals surface area contributed by atoms with Crippen LogP contribution in [0.5, 0.6) is 0 Å². The van der Waals surface area contributed by atoms with Crippen molar-refractivity contribution >= 4 is 5.91 Å². The highest BCUT2D eigenvalue weighted by molar-refractivity contribution is 5.78. The number of nitrogens with two attached hydrogens (primary N) is 1. The van der Waals surface area contributed by atoms with Crippen molar-refractivity contribution in [3.63, 3.8) is 0 Å². The third-order valence-corrected chi connectivity index (χ3v) is 5.06. The number of piperazine rings is 1. The molecule has 1 aliphatic rings. The van der Waals surface area contributed by atoms with E-state index in [1.807, 2.05) is 12.1 Å². The fraction of sp³-hybridized carbons (Fsp3) is 0.381. The predicted octanol–water partition coefficient (Wildman–Crippen LogP) is 2.44. The lowest BCUT2D eigenvalue weighted by Gasteiger charge is -2.51. The number of amides is 1. The lowest BCUT2D eigenvalue weighted by Crippen LogP contribution is -2.61. The van der Waals surface area contributed by atoms with Gasteiger partial charge in [0.05, 0.1) is 0 Å². The third-order valence-electron chi connectivity index (χ3n) is 5.06. The molecular weight excluding hydrogens is 310 g/mol. The summed E-state index contributed by atoms with van der Waals surface area (Å²) in [5.41, 5.74) is 7.50. The first-order valence-corrected chi connectivity index (χ1v) is 8.98. The summed E-state index contributed by atoms with van der Waals surface area (Å²) in [5.74, 6) is 0.186. The Labute approximate surface area is 150 Å². The summed E-state index contributed by atoms with van der Waals surface area (Å²) in [6.07, 6.45) is 1.23. The largest absolute Gasteiger partial charge is 0.330 e. The van der Waals surface area contributed by atoms with E-state index in [1.165, 1.54) is 0 Å². The average Bonchev–Trinajstić information content (AvgIpc) is 2.67. The van der Waals surface area contributed by atoms with Gasteiger partial charge in [-0.25, -0.2) is 0 Å². The van der Waals surface area contributed by atoms with Gasteiger partial charge in [-0.05, 0) is 31.1 Å². The summed E-state index contributed by atoms with van der Waals surface area (Å²) in [6, 6.07) is 20.8. The van der Waals surface area contributed by atoms with Crippen LogP contribution in [-0.2, 0) is 10.3 Å². The highest BCUT2D eigenvalue weighted by Gasteiger charge is 2.45. The van der Waals surface area contributed by atoms with E-state index in [-0.39, 0.29) is 5.91 Å². The lowest BCUT2D eigenvalue weighted by molar-refractivity contribution is -0.140. The molecule has 132 valence electrons. The number of carbonyl (C=O) groups excluding carboxylic acids is 1. The Kier molecular flexibility index (Phi) is 5.51.